The lowest BCUT2D eigenvalue weighted by Crippen LogP contribution is -2.50. The number of hydrogen-bond donors (Lipinski definition) is 1. The van der Waals surface area contributed by atoms with Crippen LogP contribution in [-0.4, -0.2) is 60.6 Å². The van der Waals surface area contributed by atoms with Crippen LogP contribution in [0.1, 0.15) is 52.9 Å². The molecule has 0 spiro atoms. The smallest absolute Gasteiger partial charge is 0.00940 e. The Bertz CT molecular complexity index is 238. The van der Waals surface area contributed by atoms with Gasteiger partial charge in [0.1, 0.15) is 0 Å². The van der Waals surface area contributed by atoms with Gasteiger partial charge in [-0.1, -0.05) is 6.92 Å². The van der Waals surface area contributed by atoms with Crippen LogP contribution >= 0.6 is 0 Å². The van der Waals surface area contributed by atoms with Gasteiger partial charge in [0.15, 0.2) is 0 Å². The number of hydrogen-bond acceptors (Lipinski definition) is 3. The fraction of sp³-hybridized carbons (Fsp3) is 1.00. The average molecular weight is 267 g/mol. The topological polar surface area (TPSA) is 18.5 Å². The van der Waals surface area contributed by atoms with Gasteiger partial charge in [0.25, 0.3) is 0 Å². The summed E-state index contributed by atoms with van der Waals surface area (Å²) in [5, 5.41) is 3.93. The van der Waals surface area contributed by atoms with Crippen LogP contribution in [0.25, 0.3) is 0 Å². The predicted molar refractivity (Wildman–Crippen MR) is 82.6 cm³/mol. The highest BCUT2D eigenvalue weighted by Gasteiger charge is 2.25. The molecule has 0 aromatic heterocycles. The zero-order valence-electron chi connectivity index (χ0n) is 13.2. The molecule has 2 saturated heterocycles. The second kappa shape index (κ2) is 7.61. The summed E-state index contributed by atoms with van der Waals surface area (Å²) in [5.41, 5.74) is 0. The quantitative estimate of drug-likeness (QED) is 0.825. The van der Waals surface area contributed by atoms with Gasteiger partial charge in [0.2, 0.25) is 0 Å². The van der Waals surface area contributed by atoms with Gasteiger partial charge in [-0.25, -0.2) is 0 Å². The molecule has 3 nitrogen and oxygen atoms in total. The molecule has 1 N–H and O–H groups in total. The van der Waals surface area contributed by atoms with Gasteiger partial charge >= 0.3 is 0 Å². The average Bonchev–Trinajstić information content (AvgIpc) is 2.42. The molecule has 2 aliphatic heterocycles. The van der Waals surface area contributed by atoms with Crippen molar-refractivity contribution in [2.24, 2.45) is 0 Å². The van der Waals surface area contributed by atoms with E-state index in [1.807, 2.05) is 0 Å². The highest BCUT2D eigenvalue weighted by atomic mass is 15.2. The van der Waals surface area contributed by atoms with Gasteiger partial charge in [-0.05, 0) is 78.7 Å². The molecule has 3 heteroatoms. The minimum Gasteiger partial charge on any atom is -0.311 e. The molecule has 0 unspecified atom stereocenters. The third-order valence-corrected chi connectivity index (χ3v) is 4.86. The minimum absolute atomic E-state index is 0.721. The molecule has 2 rings (SSSR count). The van der Waals surface area contributed by atoms with Crippen molar-refractivity contribution in [2.45, 2.75) is 71.0 Å². The van der Waals surface area contributed by atoms with Gasteiger partial charge in [-0.2, -0.15) is 0 Å². The van der Waals surface area contributed by atoms with E-state index in [2.05, 4.69) is 35.9 Å². The number of rotatable bonds is 5. The predicted octanol–water partition coefficient (Wildman–Crippen LogP) is 2.32. The summed E-state index contributed by atoms with van der Waals surface area (Å²) in [6, 6.07) is 2.28. The van der Waals surface area contributed by atoms with Crippen molar-refractivity contribution < 1.29 is 0 Å². The first-order valence-electron chi connectivity index (χ1n) is 8.41. The maximum absolute atomic E-state index is 3.93. The van der Waals surface area contributed by atoms with Crippen LogP contribution in [0.4, 0.5) is 0 Å². The van der Waals surface area contributed by atoms with Crippen LogP contribution in [-0.2, 0) is 0 Å². The molecule has 19 heavy (non-hydrogen) atoms. The molecule has 0 atom stereocenters. The highest BCUT2D eigenvalue weighted by Crippen LogP contribution is 2.17. The minimum atomic E-state index is 0.721. The molecule has 0 aliphatic carbocycles. The lowest BCUT2D eigenvalue weighted by molar-refractivity contribution is 0.140. The first-order chi connectivity index (χ1) is 9.19. The summed E-state index contributed by atoms with van der Waals surface area (Å²) < 4.78 is 0. The van der Waals surface area contributed by atoms with E-state index < -0.39 is 0 Å². The molecule has 112 valence electrons. The van der Waals surface area contributed by atoms with Gasteiger partial charge in [0.05, 0.1) is 0 Å². The van der Waals surface area contributed by atoms with Crippen LogP contribution in [0, 0.1) is 0 Å². The Morgan fingerprint density at radius 3 is 1.95 bits per heavy atom. The second-order valence-corrected chi connectivity index (χ2v) is 6.69. The van der Waals surface area contributed by atoms with Gasteiger partial charge < -0.3 is 15.1 Å². The largest absolute Gasteiger partial charge is 0.311 e. The Kier molecular flexibility index (Phi) is 6.11. The maximum atomic E-state index is 3.93. The van der Waals surface area contributed by atoms with E-state index in [4.69, 9.17) is 0 Å². The van der Waals surface area contributed by atoms with E-state index in [-0.39, 0.29) is 0 Å². The Morgan fingerprint density at radius 2 is 1.47 bits per heavy atom. The molecule has 2 heterocycles. The molecule has 0 aromatic rings. The Balaban J connectivity index is 1.64. The third kappa shape index (κ3) is 4.73. The van der Waals surface area contributed by atoms with Crippen molar-refractivity contribution in [2.75, 3.05) is 32.7 Å². The lowest BCUT2D eigenvalue weighted by Gasteiger charge is -2.39. The van der Waals surface area contributed by atoms with Crippen molar-refractivity contribution >= 4 is 0 Å². The number of piperidine rings is 2. The fourth-order valence-corrected chi connectivity index (χ4v) is 3.56. The van der Waals surface area contributed by atoms with Crippen molar-refractivity contribution in [1.82, 2.24) is 15.1 Å². The number of nitrogens with one attached hydrogen (secondary N) is 1. The van der Waals surface area contributed by atoms with E-state index in [0.29, 0.717) is 0 Å². The maximum Gasteiger partial charge on any atom is 0.00940 e. The standard InChI is InChI=1S/C16H33N3/c1-4-9-18-10-5-15(6-11-18)17-16-7-12-19(13-8-16)14(2)3/h14-17H,4-13H2,1-3H3. The SMILES string of the molecule is CCCN1CCC(NC2CCN(C(C)C)CC2)CC1. The van der Waals surface area contributed by atoms with Crippen molar-refractivity contribution in [3.05, 3.63) is 0 Å². The van der Waals surface area contributed by atoms with E-state index in [0.717, 1.165) is 18.1 Å². The summed E-state index contributed by atoms with van der Waals surface area (Å²) in [4.78, 5) is 5.24. The zero-order valence-corrected chi connectivity index (χ0v) is 13.2. The first kappa shape index (κ1) is 15.3. The third-order valence-electron chi connectivity index (χ3n) is 4.86. The van der Waals surface area contributed by atoms with Gasteiger partial charge in [-0.15, -0.1) is 0 Å². The molecule has 0 amide bonds. The molecular formula is C16H33N3. The van der Waals surface area contributed by atoms with Crippen LogP contribution in [0.3, 0.4) is 0 Å². The summed E-state index contributed by atoms with van der Waals surface area (Å²) in [6.07, 6.45) is 6.68. The normalized spacial score (nSPS) is 25.3. The molecule has 0 aromatic carbocycles. The molecule has 2 fully saturated rings. The monoisotopic (exact) mass is 267 g/mol. The molecule has 0 bridgehead atoms. The lowest BCUT2D eigenvalue weighted by atomic mass is 9.99. The number of nitrogens with zero attached hydrogens (tertiary/aromatic N) is 2. The Morgan fingerprint density at radius 1 is 0.947 bits per heavy atom. The van der Waals surface area contributed by atoms with E-state index in [9.17, 15) is 0 Å². The second-order valence-electron chi connectivity index (χ2n) is 6.69. The van der Waals surface area contributed by atoms with Crippen LogP contribution < -0.4 is 5.32 Å². The molecule has 2 aliphatic rings. The highest BCUT2D eigenvalue weighted by molar-refractivity contribution is 4.84. The molecular weight excluding hydrogens is 234 g/mol. The van der Waals surface area contributed by atoms with Crippen molar-refractivity contribution in [3.8, 4) is 0 Å². The molecule has 0 radical (unpaired) electrons. The summed E-state index contributed by atoms with van der Waals surface area (Å²) in [6.45, 7) is 13.4. The van der Waals surface area contributed by atoms with Crippen LogP contribution in [0.5, 0.6) is 0 Å². The summed E-state index contributed by atoms with van der Waals surface area (Å²) in [7, 11) is 0. The van der Waals surface area contributed by atoms with Crippen LogP contribution in [0.15, 0.2) is 0 Å². The van der Waals surface area contributed by atoms with Gasteiger partial charge in [-0.3, -0.25) is 0 Å². The van der Waals surface area contributed by atoms with Gasteiger partial charge in [0, 0.05) is 18.1 Å². The zero-order chi connectivity index (χ0) is 13.7. The molecule has 0 saturated carbocycles. The van der Waals surface area contributed by atoms with Crippen molar-refractivity contribution in [3.63, 3.8) is 0 Å². The van der Waals surface area contributed by atoms with E-state index >= 15 is 0 Å². The summed E-state index contributed by atoms with van der Waals surface area (Å²) >= 11 is 0. The van der Waals surface area contributed by atoms with E-state index in [1.165, 1.54) is 64.8 Å². The Labute approximate surface area is 119 Å². The number of likely N-dealkylation sites (tertiary alicyclic amines) is 2. The first-order valence-corrected chi connectivity index (χ1v) is 8.41. The van der Waals surface area contributed by atoms with Crippen LogP contribution in [0.2, 0.25) is 0 Å². The summed E-state index contributed by atoms with van der Waals surface area (Å²) in [5.74, 6) is 0. The van der Waals surface area contributed by atoms with Crippen molar-refractivity contribution in [1.29, 1.82) is 0 Å². The fourth-order valence-electron chi connectivity index (χ4n) is 3.56. The van der Waals surface area contributed by atoms with E-state index in [1.54, 1.807) is 0 Å². The Hall–Kier alpha value is -0.120.